The number of amides is 3. The number of carbonyl (C=O) groups is 3. The predicted molar refractivity (Wildman–Crippen MR) is 158 cm³/mol. The zero-order valence-corrected chi connectivity index (χ0v) is 24.3. The minimum atomic E-state index is -1.00. The summed E-state index contributed by atoms with van der Waals surface area (Å²) in [5.74, 6) is 1.89. The van der Waals surface area contributed by atoms with E-state index in [1.807, 2.05) is 30.3 Å². The highest BCUT2D eigenvalue weighted by molar-refractivity contribution is 7.80. The van der Waals surface area contributed by atoms with E-state index in [0.29, 0.717) is 30.6 Å². The number of ether oxygens (including phenoxy) is 1. The van der Waals surface area contributed by atoms with Crippen LogP contribution < -0.4 is 10.6 Å². The quantitative estimate of drug-likeness (QED) is 0.180. The maximum atomic E-state index is 14.0. The van der Waals surface area contributed by atoms with Crippen molar-refractivity contribution in [2.45, 2.75) is 77.6 Å². The third-order valence-corrected chi connectivity index (χ3v) is 6.35. The molecule has 0 radical (unpaired) electrons. The molecule has 2 unspecified atom stereocenters. The van der Waals surface area contributed by atoms with Crippen molar-refractivity contribution < 1.29 is 19.1 Å². The van der Waals surface area contributed by atoms with Crippen LogP contribution in [0.2, 0.25) is 0 Å². The monoisotopic (exact) mass is 551 g/mol. The molecular weight excluding hydrogens is 510 g/mol. The van der Waals surface area contributed by atoms with Crippen molar-refractivity contribution >= 4 is 30.5 Å². The second-order valence-electron chi connectivity index (χ2n) is 10.3. The molecular formula is C31H41N3O4S. The van der Waals surface area contributed by atoms with Crippen molar-refractivity contribution in [2.24, 2.45) is 0 Å². The maximum absolute atomic E-state index is 14.0. The smallest absolute Gasteiger partial charge is 0.408 e. The number of rotatable bonds is 13. The van der Waals surface area contributed by atoms with Crippen LogP contribution >= 0.6 is 12.6 Å². The summed E-state index contributed by atoms with van der Waals surface area (Å²) in [5.41, 5.74) is 1.26. The second kappa shape index (κ2) is 15.8. The van der Waals surface area contributed by atoms with Gasteiger partial charge >= 0.3 is 6.09 Å². The zero-order chi connectivity index (χ0) is 28.8. The first-order valence-electron chi connectivity index (χ1n) is 13.4. The van der Waals surface area contributed by atoms with Gasteiger partial charge in [-0.05, 0) is 44.4 Å². The summed E-state index contributed by atoms with van der Waals surface area (Å²) < 4.78 is 5.37. The van der Waals surface area contributed by atoms with Gasteiger partial charge in [0.1, 0.15) is 17.7 Å². The minimum absolute atomic E-state index is 0.0265. The van der Waals surface area contributed by atoms with Gasteiger partial charge in [0.15, 0.2) is 0 Å². The molecule has 210 valence electrons. The van der Waals surface area contributed by atoms with Crippen molar-refractivity contribution in [3.05, 3.63) is 71.3 Å². The van der Waals surface area contributed by atoms with Gasteiger partial charge < -0.3 is 20.3 Å². The van der Waals surface area contributed by atoms with Crippen LogP contribution in [0.1, 0.15) is 76.1 Å². The van der Waals surface area contributed by atoms with Crippen LogP contribution in [-0.4, -0.2) is 46.7 Å². The van der Waals surface area contributed by atoms with Crippen LogP contribution in [0.4, 0.5) is 4.79 Å². The average Bonchev–Trinajstić information content (AvgIpc) is 2.91. The van der Waals surface area contributed by atoms with Crippen LogP contribution in [-0.2, 0) is 20.9 Å². The maximum Gasteiger partial charge on any atom is 0.408 e. The normalized spacial score (nSPS) is 12.5. The number of nitrogens with zero attached hydrogens (tertiary/aromatic N) is 1. The number of hydrogen-bond donors (Lipinski definition) is 3. The number of alkyl carbamates (subject to hydrolysis) is 1. The van der Waals surface area contributed by atoms with Crippen molar-refractivity contribution in [3.63, 3.8) is 0 Å². The van der Waals surface area contributed by atoms with Gasteiger partial charge in [-0.1, -0.05) is 80.6 Å². The van der Waals surface area contributed by atoms with Gasteiger partial charge in [0.2, 0.25) is 11.8 Å². The van der Waals surface area contributed by atoms with Crippen molar-refractivity contribution in [2.75, 3.05) is 12.3 Å². The third kappa shape index (κ3) is 10.3. The van der Waals surface area contributed by atoms with E-state index in [0.717, 1.165) is 24.8 Å². The van der Waals surface area contributed by atoms with Gasteiger partial charge in [-0.2, -0.15) is 12.6 Å². The van der Waals surface area contributed by atoms with Gasteiger partial charge in [-0.15, -0.1) is 6.42 Å². The number of unbranched alkanes of at least 4 members (excludes halogenated alkanes) is 3. The van der Waals surface area contributed by atoms with E-state index in [2.05, 4.69) is 36.1 Å². The summed E-state index contributed by atoms with van der Waals surface area (Å²) in [6, 6.07) is 14.6. The summed E-state index contributed by atoms with van der Waals surface area (Å²) >= 11 is 4.34. The molecule has 8 heteroatoms. The summed E-state index contributed by atoms with van der Waals surface area (Å²) in [5, 5.41) is 5.62. The van der Waals surface area contributed by atoms with Crippen LogP contribution in [0.5, 0.6) is 0 Å². The molecule has 0 fully saturated rings. The fourth-order valence-electron chi connectivity index (χ4n) is 4.11. The van der Waals surface area contributed by atoms with Gasteiger partial charge in [0, 0.05) is 24.4 Å². The molecule has 0 aliphatic carbocycles. The number of thiol groups is 1. The molecule has 2 aromatic rings. The van der Waals surface area contributed by atoms with Gasteiger partial charge in [0.25, 0.3) is 0 Å². The van der Waals surface area contributed by atoms with Crippen LogP contribution in [0.3, 0.4) is 0 Å². The topological polar surface area (TPSA) is 87.7 Å². The summed E-state index contributed by atoms with van der Waals surface area (Å²) in [7, 11) is 0. The Morgan fingerprint density at radius 2 is 1.69 bits per heavy atom. The van der Waals surface area contributed by atoms with Crippen LogP contribution in [0, 0.1) is 12.3 Å². The standard InChI is InChI=1S/C31H41N3O4S/c1-6-8-9-15-20-34(29(36)26(22-39)33-30(37)38-31(3,4)5)27(25-19-14-13-18-24(25)7-2)28(35)32-21-23-16-11-10-12-17-23/h2,10-14,16-19,26-27,39H,6,8-9,15,20-22H2,1,3-5H3,(H,32,35)(H,33,37). The molecule has 0 aliphatic heterocycles. The lowest BCUT2D eigenvalue weighted by atomic mass is 9.97. The second-order valence-corrected chi connectivity index (χ2v) is 10.7. The van der Waals surface area contributed by atoms with Gasteiger partial charge in [0.05, 0.1) is 0 Å². The fourth-order valence-corrected chi connectivity index (χ4v) is 4.36. The Bertz CT molecular complexity index is 1120. The van der Waals surface area contributed by atoms with E-state index in [9.17, 15) is 14.4 Å². The molecule has 0 spiro atoms. The molecule has 0 bridgehead atoms. The van der Waals surface area contributed by atoms with Crippen molar-refractivity contribution in [1.29, 1.82) is 0 Å². The number of nitrogens with one attached hydrogen (secondary N) is 2. The zero-order valence-electron chi connectivity index (χ0n) is 23.4. The van der Waals surface area contributed by atoms with Crippen LogP contribution in [0.25, 0.3) is 0 Å². The Labute approximate surface area is 238 Å². The molecule has 7 nitrogen and oxygen atoms in total. The van der Waals surface area contributed by atoms with Gasteiger partial charge in [-0.3, -0.25) is 9.59 Å². The van der Waals surface area contributed by atoms with E-state index in [-0.39, 0.29) is 11.7 Å². The highest BCUT2D eigenvalue weighted by Crippen LogP contribution is 2.27. The van der Waals surface area contributed by atoms with Crippen molar-refractivity contribution in [3.8, 4) is 12.3 Å². The third-order valence-electron chi connectivity index (χ3n) is 5.99. The van der Waals surface area contributed by atoms with E-state index in [1.54, 1.807) is 45.0 Å². The molecule has 0 saturated heterocycles. The first-order chi connectivity index (χ1) is 18.6. The predicted octanol–water partition coefficient (Wildman–Crippen LogP) is 5.26. The summed E-state index contributed by atoms with van der Waals surface area (Å²) in [4.78, 5) is 41.9. The first-order valence-corrected chi connectivity index (χ1v) is 14.0. The van der Waals surface area contributed by atoms with E-state index < -0.39 is 29.7 Å². The molecule has 39 heavy (non-hydrogen) atoms. The minimum Gasteiger partial charge on any atom is -0.444 e. The van der Waals surface area contributed by atoms with E-state index in [1.165, 1.54) is 4.90 Å². The lowest BCUT2D eigenvalue weighted by molar-refractivity contribution is -0.142. The largest absolute Gasteiger partial charge is 0.444 e. The molecule has 2 rings (SSSR count). The van der Waals surface area contributed by atoms with E-state index in [4.69, 9.17) is 11.2 Å². The fraction of sp³-hybridized carbons (Fsp3) is 0.452. The van der Waals surface area contributed by atoms with Crippen LogP contribution in [0.15, 0.2) is 54.6 Å². The Morgan fingerprint density at radius 1 is 1.03 bits per heavy atom. The Kier molecular flexibility index (Phi) is 12.9. The van der Waals surface area contributed by atoms with Gasteiger partial charge in [-0.25, -0.2) is 4.79 Å². The number of hydrogen-bond acceptors (Lipinski definition) is 5. The average molecular weight is 552 g/mol. The Hall–Kier alpha value is -3.44. The lowest BCUT2D eigenvalue weighted by Gasteiger charge is -2.34. The van der Waals surface area contributed by atoms with Crippen molar-refractivity contribution in [1.82, 2.24) is 15.5 Å². The Morgan fingerprint density at radius 3 is 2.31 bits per heavy atom. The summed E-state index contributed by atoms with van der Waals surface area (Å²) in [6.45, 7) is 7.93. The molecule has 0 heterocycles. The number of carbonyl (C=O) groups excluding carboxylic acids is 3. The molecule has 2 atom stereocenters. The molecule has 3 amide bonds. The number of benzene rings is 2. The highest BCUT2D eigenvalue weighted by atomic mass is 32.1. The molecule has 0 aliphatic rings. The first kappa shape index (κ1) is 31.8. The number of terminal acetylenes is 1. The lowest BCUT2D eigenvalue weighted by Crippen LogP contribution is -2.54. The SMILES string of the molecule is C#Cc1ccccc1C(C(=O)NCc1ccccc1)N(CCCCCC)C(=O)C(CS)NC(=O)OC(C)(C)C. The molecule has 0 saturated carbocycles. The highest BCUT2D eigenvalue weighted by Gasteiger charge is 2.36. The summed E-state index contributed by atoms with van der Waals surface area (Å²) in [6.07, 6.45) is 8.68. The Balaban J connectivity index is 2.47. The molecule has 0 aromatic heterocycles. The van der Waals surface area contributed by atoms with E-state index >= 15 is 0 Å². The molecule has 2 N–H and O–H groups in total. The molecule has 2 aromatic carbocycles.